The minimum atomic E-state index is 0.395. The van der Waals surface area contributed by atoms with Crippen molar-refractivity contribution in [2.24, 2.45) is 4.99 Å². The first-order chi connectivity index (χ1) is 10.7. The lowest BCUT2D eigenvalue weighted by Crippen LogP contribution is -2.10. The van der Waals surface area contributed by atoms with Crippen LogP contribution in [0.15, 0.2) is 53.2 Å². The van der Waals surface area contributed by atoms with Crippen LogP contribution in [0.3, 0.4) is 0 Å². The molecule has 3 N–H and O–H groups in total. The minimum absolute atomic E-state index is 0.395. The van der Waals surface area contributed by atoms with Crippen LogP contribution < -0.4 is 5.73 Å². The van der Waals surface area contributed by atoms with Gasteiger partial charge in [-0.2, -0.15) is 0 Å². The Morgan fingerprint density at radius 1 is 1.09 bits per heavy atom. The van der Waals surface area contributed by atoms with E-state index >= 15 is 0 Å². The quantitative estimate of drug-likeness (QED) is 0.444. The molecule has 0 aliphatic heterocycles. The van der Waals surface area contributed by atoms with Crippen LogP contribution in [0.25, 0.3) is 0 Å². The molecule has 0 unspecified atom stereocenters. The molecule has 0 atom stereocenters. The third-order valence-corrected chi connectivity index (χ3v) is 3.37. The van der Waals surface area contributed by atoms with Crippen molar-refractivity contribution in [3.8, 4) is 0 Å². The first kappa shape index (κ1) is 16.0. The van der Waals surface area contributed by atoms with Gasteiger partial charge in [-0.1, -0.05) is 26.2 Å². The number of nitrogens with zero attached hydrogens (tertiary/aromatic N) is 1. The SMILES string of the molecule is CCCCCCOC1=CC(=Nc2ccc(N)cc2)C=CC1=N. The summed E-state index contributed by atoms with van der Waals surface area (Å²) >= 11 is 0. The summed E-state index contributed by atoms with van der Waals surface area (Å²) in [6.07, 6.45) is 9.98. The van der Waals surface area contributed by atoms with E-state index in [1.807, 2.05) is 36.4 Å². The van der Waals surface area contributed by atoms with E-state index in [9.17, 15) is 0 Å². The second-order valence-electron chi connectivity index (χ2n) is 5.29. The van der Waals surface area contributed by atoms with Gasteiger partial charge < -0.3 is 10.5 Å². The van der Waals surface area contributed by atoms with Gasteiger partial charge in [0.15, 0.2) is 0 Å². The fraction of sp³-hybridized carbons (Fsp3) is 0.333. The summed E-state index contributed by atoms with van der Waals surface area (Å²) < 4.78 is 5.71. The number of hydrogen-bond acceptors (Lipinski definition) is 4. The second-order valence-corrected chi connectivity index (χ2v) is 5.29. The van der Waals surface area contributed by atoms with Crippen LogP contribution in [0.5, 0.6) is 0 Å². The maximum Gasteiger partial charge on any atom is 0.146 e. The van der Waals surface area contributed by atoms with Crippen LogP contribution in [-0.2, 0) is 4.74 Å². The molecule has 0 saturated heterocycles. The average Bonchev–Trinajstić information content (AvgIpc) is 2.52. The molecule has 22 heavy (non-hydrogen) atoms. The summed E-state index contributed by atoms with van der Waals surface area (Å²) in [7, 11) is 0. The number of nitrogen functional groups attached to an aromatic ring is 1. The summed E-state index contributed by atoms with van der Waals surface area (Å²) in [6, 6.07) is 7.39. The molecule has 0 bridgehead atoms. The number of unbranched alkanes of at least 4 members (excludes halogenated alkanes) is 3. The minimum Gasteiger partial charge on any atom is -0.491 e. The van der Waals surface area contributed by atoms with Gasteiger partial charge in [-0.15, -0.1) is 0 Å². The third kappa shape index (κ3) is 4.88. The number of benzene rings is 1. The van der Waals surface area contributed by atoms with E-state index in [2.05, 4.69) is 11.9 Å². The van der Waals surface area contributed by atoms with E-state index in [1.54, 1.807) is 6.08 Å². The number of nitrogens with two attached hydrogens (primary N) is 1. The van der Waals surface area contributed by atoms with Crippen molar-refractivity contribution >= 4 is 22.8 Å². The van der Waals surface area contributed by atoms with Crippen LogP contribution in [0.4, 0.5) is 11.4 Å². The van der Waals surface area contributed by atoms with E-state index < -0.39 is 0 Å². The molecule has 0 aromatic heterocycles. The van der Waals surface area contributed by atoms with Crippen LogP contribution in [0.2, 0.25) is 0 Å². The van der Waals surface area contributed by atoms with Gasteiger partial charge in [0, 0.05) is 11.8 Å². The van der Waals surface area contributed by atoms with Gasteiger partial charge in [-0.25, -0.2) is 4.99 Å². The monoisotopic (exact) mass is 297 g/mol. The molecule has 0 fully saturated rings. The molecule has 1 aliphatic rings. The highest BCUT2D eigenvalue weighted by atomic mass is 16.5. The van der Waals surface area contributed by atoms with Gasteiger partial charge in [0.25, 0.3) is 0 Å². The molecule has 4 nitrogen and oxygen atoms in total. The number of aliphatic imine (C=N–C) groups is 1. The first-order valence-electron chi connectivity index (χ1n) is 7.75. The summed E-state index contributed by atoms with van der Waals surface area (Å²) in [4.78, 5) is 4.52. The zero-order valence-corrected chi connectivity index (χ0v) is 13.0. The zero-order chi connectivity index (χ0) is 15.8. The largest absolute Gasteiger partial charge is 0.491 e. The predicted molar refractivity (Wildman–Crippen MR) is 93.0 cm³/mol. The molecule has 0 radical (unpaired) electrons. The van der Waals surface area contributed by atoms with Crippen molar-refractivity contribution in [1.82, 2.24) is 0 Å². The fourth-order valence-corrected chi connectivity index (χ4v) is 2.11. The Morgan fingerprint density at radius 3 is 2.59 bits per heavy atom. The molecular formula is C18H23N3O. The average molecular weight is 297 g/mol. The number of allylic oxidation sites excluding steroid dienone is 3. The van der Waals surface area contributed by atoms with Crippen LogP contribution in [0, 0.1) is 5.41 Å². The molecule has 0 saturated carbocycles. The molecular weight excluding hydrogens is 274 g/mol. The second kappa shape index (κ2) is 8.17. The Labute approximate surface area is 131 Å². The maximum atomic E-state index is 7.91. The normalized spacial score (nSPS) is 16.0. The lowest BCUT2D eigenvalue weighted by atomic mass is 10.1. The van der Waals surface area contributed by atoms with E-state index in [0.717, 1.165) is 23.5 Å². The summed E-state index contributed by atoms with van der Waals surface area (Å²) in [6.45, 7) is 2.84. The van der Waals surface area contributed by atoms with Crippen molar-refractivity contribution in [1.29, 1.82) is 5.41 Å². The van der Waals surface area contributed by atoms with Crippen LogP contribution in [-0.4, -0.2) is 18.0 Å². The molecule has 116 valence electrons. The highest BCUT2D eigenvalue weighted by Crippen LogP contribution is 2.17. The standard InChI is InChI=1S/C18H23N3O/c1-2-3-4-5-12-22-18-13-16(10-11-17(18)20)21-15-8-6-14(19)7-9-15/h6-11,13,20H,2-5,12,19H2,1H3. The van der Waals surface area contributed by atoms with E-state index in [1.165, 1.54) is 19.3 Å². The highest BCUT2D eigenvalue weighted by molar-refractivity contribution is 6.19. The summed E-state index contributed by atoms with van der Waals surface area (Å²) in [5.41, 5.74) is 8.40. The maximum absolute atomic E-state index is 7.91. The Balaban J connectivity index is 1.99. The van der Waals surface area contributed by atoms with Crippen LogP contribution >= 0.6 is 0 Å². The van der Waals surface area contributed by atoms with Crippen molar-refractivity contribution in [3.63, 3.8) is 0 Å². The van der Waals surface area contributed by atoms with Gasteiger partial charge in [-0.3, -0.25) is 5.41 Å². The van der Waals surface area contributed by atoms with Gasteiger partial charge in [0.1, 0.15) is 5.76 Å². The molecule has 0 heterocycles. The van der Waals surface area contributed by atoms with E-state index in [-0.39, 0.29) is 0 Å². The van der Waals surface area contributed by atoms with E-state index in [0.29, 0.717) is 18.1 Å². The molecule has 0 spiro atoms. The molecule has 1 aromatic rings. The zero-order valence-electron chi connectivity index (χ0n) is 13.0. The van der Waals surface area contributed by atoms with Gasteiger partial charge in [0.05, 0.1) is 23.7 Å². The number of anilines is 1. The lowest BCUT2D eigenvalue weighted by molar-refractivity contribution is 0.223. The fourth-order valence-electron chi connectivity index (χ4n) is 2.11. The van der Waals surface area contributed by atoms with Crippen molar-refractivity contribution in [3.05, 3.63) is 48.3 Å². The Kier molecular flexibility index (Phi) is 5.95. The molecule has 1 aromatic carbocycles. The lowest BCUT2D eigenvalue weighted by Gasteiger charge is -2.13. The summed E-state index contributed by atoms with van der Waals surface area (Å²) in [5.74, 6) is 0.591. The highest BCUT2D eigenvalue weighted by Gasteiger charge is 2.10. The van der Waals surface area contributed by atoms with Crippen molar-refractivity contribution in [2.45, 2.75) is 32.6 Å². The van der Waals surface area contributed by atoms with E-state index in [4.69, 9.17) is 15.9 Å². The molecule has 2 rings (SSSR count). The molecule has 1 aliphatic carbocycles. The van der Waals surface area contributed by atoms with Crippen LogP contribution in [0.1, 0.15) is 32.6 Å². The number of hydrogen-bond donors (Lipinski definition) is 2. The Hall–Kier alpha value is -2.36. The van der Waals surface area contributed by atoms with Crippen molar-refractivity contribution < 1.29 is 4.74 Å². The first-order valence-corrected chi connectivity index (χ1v) is 7.75. The number of rotatable bonds is 7. The third-order valence-electron chi connectivity index (χ3n) is 3.37. The van der Waals surface area contributed by atoms with Gasteiger partial charge >= 0.3 is 0 Å². The van der Waals surface area contributed by atoms with Gasteiger partial charge in [0.2, 0.25) is 0 Å². The number of ether oxygens (including phenoxy) is 1. The molecule has 4 heteroatoms. The Bertz CT molecular complexity index is 597. The Morgan fingerprint density at radius 2 is 1.86 bits per heavy atom. The van der Waals surface area contributed by atoms with Crippen molar-refractivity contribution in [2.75, 3.05) is 12.3 Å². The number of nitrogens with one attached hydrogen (secondary N) is 1. The topological polar surface area (TPSA) is 71.5 Å². The smallest absolute Gasteiger partial charge is 0.146 e. The van der Waals surface area contributed by atoms with Gasteiger partial charge in [-0.05, 0) is 42.8 Å². The molecule has 0 amide bonds. The summed E-state index contributed by atoms with van der Waals surface area (Å²) in [5, 5.41) is 7.91. The predicted octanol–water partition coefficient (Wildman–Crippen LogP) is 4.41.